The number of aromatic nitrogens is 2. The molecular weight excluding hydrogens is 392 g/mol. The summed E-state index contributed by atoms with van der Waals surface area (Å²) >= 11 is 1.06. The molecule has 0 saturated heterocycles. The minimum absolute atomic E-state index is 0.208. The quantitative estimate of drug-likeness (QED) is 0.479. The van der Waals surface area contributed by atoms with Crippen LogP contribution in [-0.2, 0) is 0 Å². The molecule has 2 aromatic heterocycles. The van der Waals surface area contributed by atoms with Crippen molar-refractivity contribution in [1.29, 1.82) is 10.5 Å². The van der Waals surface area contributed by atoms with Crippen molar-refractivity contribution in [3.8, 4) is 12.1 Å². The Balaban J connectivity index is 2.54. The molecule has 10 nitrogen and oxygen atoms in total. The number of hydrogen-bond donors (Lipinski definition) is 4. The lowest BCUT2D eigenvalue weighted by atomic mass is 10.1. The van der Waals surface area contributed by atoms with Crippen molar-refractivity contribution in [1.82, 2.24) is 9.36 Å². The molecule has 2 aromatic rings. The smallest absolute Gasteiger partial charge is 0.176 e. The average Bonchev–Trinajstić information content (AvgIpc) is 3.03. The highest BCUT2D eigenvalue weighted by Gasteiger charge is 2.18. The van der Waals surface area contributed by atoms with Crippen LogP contribution in [0.1, 0.15) is 36.2 Å². The van der Waals surface area contributed by atoms with Crippen LogP contribution in [0.3, 0.4) is 0 Å². The van der Waals surface area contributed by atoms with E-state index in [1.165, 1.54) is 0 Å². The maximum Gasteiger partial charge on any atom is 0.176 e. The zero-order valence-corrected chi connectivity index (χ0v) is 17.4. The Labute approximate surface area is 172 Å². The summed E-state index contributed by atoms with van der Waals surface area (Å²) in [5, 5.41) is 52.7. The number of nitrogens with zero attached hydrogens (tertiary/aromatic N) is 6. The van der Waals surface area contributed by atoms with E-state index in [0.717, 1.165) is 11.5 Å². The summed E-state index contributed by atoms with van der Waals surface area (Å²) in [6.07, 6.45) is -1.27. The van der Waals surface area contributed by atoms with Crippen molar-refractivity contribution in [2.24, 2.45) is 10.2 Å². The van der Waals surface area contributed by atoms with Crippen LogP contribution < -0.4 is 10.6 Å². The molecule has 0 radical (unpaired) electrons. The molecule has 2 rings (SSSR count). The third kappa shape index (κ3) is 5.45. The maximum atomic E-state index is 9.61. The predicted octanol–water partition coefficient (Wildman–Crippen LogP) is 2.90. The topological polar surface area (TPSA) is 163 Å². The average molecular weight is 414 g/mol. The monoisotopic (exact) mass is 414 g/mol. The molecule has 11 heteroatoms. The molecule has 29 heavy (non-hydrogen) atoms. The summed E-state index contributed by atoms with van der Waals surface area (Å²) in [6.45, 7) is 7.08. The molecule has 0 saturated carbocycles. The molecule has 0 amide bonds. The van der Waals surface area contributed by atoms with Crippen molar-refractivity contribution < 1.29 is 10.2 Å². The Kier molecular flexibility index (Phi) is 7.56. The maximum absolute atomic E-state index is 9.61. The Morgan fingerprint density at radius 3 is 2.14 bits per heavy atom. The van der Waals surface area contributed by atoms with Gasteiger partial charge in [0.25, 0.3) is 0 Å². The van der Waals surface area contributed by atoms with Gasteiger partial charge >= 0.3 is 0 Å². The second-order valence-corrected chi connectivity index (χ2v) is 7.24. The summed E-state index contributed by atoms with van der Waals surface area (Å²) in [4.78, 5) is 4.41. The first-order valence-corrected chi connectivity index (χ1v) is 9.62. The molecular formula is C18H22N8O2S. The summed E-state index contributed by atoms with van der Waals surface area (Å²) in [6, 6.07) is 4.15. The van der Waals surface area contributed by atoms with Gasteiger partial charge < -0.3 is 20.8 Å². The second kappa shape index (κ2) is 9.89. The van der Waals surface area contributed by atoms with Crippen LogP contribution in [0.25, 0.3) is 0 Å². The first kappa shape index (κ1) is 22.2. The number of nitrogens with one attached hydrogen (secondary N) is 2. The molecule has 2 unspecified atom stereocenters. The summed E-state index contributed by atoms with van der Waals surface area (Å²) in [5.41, 5.74) is 2.03. The van der Waals surface area contributed by atoms with Gasteiger partial charge in [0.2, 0.25) is 0 Å². The number of aliphatic hydroxyl groups is 2. The van der Waals surface area contributed by atoms with Gasteiger partial charge in [0.15, 0.2) is 10.8 Å². The Morgan fingerprint density at radius 2 is 1.59 bits per heavy atom. The van der Waals surface area contributed by atoms with Crippen LogP contribution in [0.5, 0.6) is 0 Å². The zero-order valence-electron chi connectivity index (χ0n) is 16.6. The predicted molar refractivity (Wildman–Crippen MR) is 110 cm³/mol. The van der Waals surface area contributed by atoms with E-state index in [1.807, 2.05) is 0 Å². The van der Waals surface area contributed by atoms with Crippen LogP contribution in [-0.4, -0.2) is 44.9 Å². The fourth-order valence-electron chi connectivity index (χ4n) is 2.34. The second-order valence-electron chi connectivity index (χ2n) is 6.49. The minimum atomic E-state index is -0.638. The van der Waals surface area contributed by atoms with E-state index < -0.39 is 12.2 Å². The van der Waals surface area contributed by atoms with E-state index in [0.29, 0.717) is 39.1 Å². The summed E-state index contributed by atoms with van der Waals surface area (Å²) < 4.78 is 4.11. The molecule has 0 aliphatic carbocycles. The number of aryl methyl sites for hydroxylation is 1. The summed E-state index contributed by atoms with van der Waals surface area (Å²) in [5.74, 6) is 0.614. The Bertz CT molecular complexity index is 985. The van der Waals surface area contributed by atoms with E-state index in [1.54, 1.807) is 27.7 Å². The van der Waals surface area contributed by atoms with Gasteiger partial charge in [-0.2, -0.15) is 14.9 Å². The fourth-order valence-corrected chi connectivity index (χ4v) is 3.02. The van der Waals surface area contributed by atoms with Gasteiger partial charge in [0, 0.05) is 18.7 Å². The van der Waals surface area contributed by atoms with Crippen molar-refractivity contribution in [2.75, 3.05) is 23.7 Å². The number of azo groups is 1. The lowest BCUT2D eigenvalue weighted by Crippen LogP contribution is -2.19. The SMILES string of the molecule is Cc1nsc(N=Nc2c(NCC(C)O)nc(NCC(C)O)c(C#N)c2C)c1C#N. The van der Waals surface area contributed by atoms with Crippen LogP contribution in [0.15, 0.2) is 10.2 Å². The first-order chi connectivity index (χ1) is 13.8. The van der Waals surface area contributed by atoms with E-state index >= 15 is 0 Å². The lowest BCUT2D eigenvalue weighted by Gasteiger charge is -2.16. The van der Waals surface area contributed by atoms with Crippen molar-refractivity contribution in [2.45, 2.75) is 39.9 Å². The zero-order chi connectivity index (χ0) is 21.6. The number of aliphatic hydroxyl groups excluding tert-OH is 2. The molecule has 0 spiro atoms. The van der Waals surface area contributed by atoms with Crippen molar-refractivity contribution in [3.05, 3.63) is 22.4 Å². The summed E-state index contributed by atoms with van der Waals surface area (Å²) in [7, 11) is 0. The molecule has 0 fully saturated rings. The van der Waals surface area contributed by atoms with Gasteiger partial charge in [-0.25, -0.2) is 4.98 Å². The molecule has 152 valence electrons. The normalized spacial score (nSPS) is 13.0. The van der Waals surface area contributed by atoms with Gasteiger partial charge in [-0.1, -0.05) is 0 Å². The van der Waals surface area contributed by atoms with Gasteiger partial charge in [-0.15, -0.1) is 10.2 Å². The molecule has 0 aliphatic heterocycles. The van der Waals surface area contributed by atoms with E-state index in [9.17, 15) is 20.7 Å². The number of hydrogen-bond acceptors (Lipinski definition) is 11. The molecule has 2 atom stereocenters. The van der Waals surface area contributed by atoms with Crippen LogP contribution in [0, 0.1) is 36.5 Å². The molecule has 0 aromatic carbocycles. The van der Waals surface area contributed by atoms with Gasteiger partial charge in [0.05, 0.1) is 23.5 Å². The van der Waals surface area contributed by atoms with Crippen molar-refractivity contribution in [3.63, 3.8) is 0 Å². The Morgan fingerprint density at radius 1 is 1.00 bits per heavy atom. The highest BCUT2D eigenvalue weighted by Crippen LogP contribution is 2.36. The highest BCUT2D eigenvalue weighted by molar-refractivity contribution is 7.10. The van der Waals surface area contributed by atoms with Gasteiger partial charge in [-0.05, 0) is 39.2 Å². The third-order valence-corrected chi connectivity index (χ3v) is 4.68. The van der Waals surface area contributed by atoms with Crippen LogP contribution >= 0.6 is 11.5 Å². The molecule has 0 bridgehead atoms. The van der Waals surface area contributed by atoms with E-state index in [4.69, 9.17) is 0 Å². The molecule has 2 heterocycles. The highest BCUT2D eigenvalue weighted by atomic mass is 32.1. The standard InChI is InChI=1S/C18H22N8O2S/c1-9(27)7-21-16-13(5-19)11(3)15(17(23-16)22-8-10(2)28)24-25-18-14(6-20)12(4)26-29-18/h9-10,27-28H,7-8H2,1-4H3,(H2,21,22,23). The number of rotatable bonds is 8. The number of anilines is 2. The van der Waals surface area contributed by atoms with E-state index in [-0.39, 0.29) is 18.7 Å². The number of nitriles is 2. The number of pyridine rings is 1. The minimum Gasteiger partial charge on any atom is -0.392 e. The first-order valence-electron chi connectivity index (χ1n) is 8.85. The Hall–Kier alpha value is -3.12. The molecule has 4 N–H and O–H groups in total. The van der Waals surface area contributed by atoms with E-state index in [2.05, 4.69) is 42.4 Å². The van der Waals surface area contributed by atoms with Crippen molar-refractivity contribution >= 4 is 33.9 Å². The van der Waals surface area contributed by atoms with Crippen LogP contribution in [0.2, 0.25) is 0 Å². The van der Waals surface area contributed by atoms with Gasteiger partial charge in [-0.3, -0.25) is 0 Å². The van der Waals surface area contributed by atoms with Crippen LogP contribution in [0.4, 0.5) is 22.3 Å². The molecule has 0 aliphatic rings. The fraction of sp³-hybridized carbons (Fsp3) is 0.444. The van der Waals surface area contributed by atoms with Gasteiger partial charge in [0.1, 0.15) is 29.2 Å². The third-order valence-electron chi connectivity index (χ3n) is 3.85. The lowest BCUT2D eigenvalue weighted by molar-refractivity contribution is 0.208. The largest absolute Gasteiger partial charge is 0.392 e.